The number of phenolic OH excluding ortho intramolecular Hbond substituents is 1. The molecule has 2 aromatic rings. The summed E-state index contributed by atoms with van der Waals surface area (Å²) < 4.78 is 5.98. The van der Waals surface area contributed by atoms with Crippen molar-refractivity contribution in [3.63, 3.8) is 0 Å². The molecule has 1 atom stereocenters. The van der Waals surface area contributed by atoms with E-state index in [4.69, 9.17) is 4.74 Å². The number of nitrogens with zero attached hydrogens (tertiary/aromatic N) is 1. The summed E-state index contributed by atoms with van der Waals surface area (Å²) in [5.41, 5.74) is 4.72. The van der Waals surface area contributed by atoms with E-state index in [0.717, 1.165) is 36.3 Å². The standard InChI is InChI=1S/C32H35NO2/c1-24(25-9-4-5-10-25)23-31(26-11-6-7-12-26)32(27-13-17-29(34)18-14-27)28-15-19-30(20-16-28)35-22-8-21-33(2)3/h4-7,9-20,24,34H,8,21-23H2,1-3H3/b32-31+. The minimum atomic E-state index is 0.273. The quantitative estimate of drug-likeness (QED) is 0.392. The van der Waals surface area contributed by atoms with Crippen molar-refractivity contribution in [3.8, 4) is 11.5 Å². The van der Waals surface area contributed by atoms with Crippen molar-refractivity contribution < 1.29 is 9.84 Å². The van der Waals surface area contributed by atoms with Gasteiger partial charge in [-0.15, -0.1) is 0 Å². The Labute approximate surface area is 213 Å². The highest BCUT2D eigenvalue weighted by Crippen LogP contribution is 2.44. The molecule has 10 radical (unpaired) electrons. The number of hydrogen-bond donors (Lipinski definition) is 1. The Kier molecular flexibility index (Phi) is 9.31. The summed E-state index contributed by atoms with van der Waals surface area (Å²) in [4.78, 5) is 2.17. The van der Waals surface area contributed by atoms with Gasteiger partial charge in [0.25, 0.3) is 0 Å². The zero-order chi connectivity index (χ0) is 24.6. The lowest BCUT2D eigenvalue weighted by molar-refractivity contribution is 0.281. The molecule has 180 valence electrons. The first-order valence-corrected chi connectivity index (χ1v) is 12.4. The molecule has 4 rings (SSSR count). The topological polar surface area (TPSA) is 32.7 Å². The zero-order valence-corrected chi connectivity index (χ0v) is 20.9. The number of aromatic hydroxyl groups is 1. The number of rotatable bonds is 11. The van der Waals surface area contributed by atoms with Crippen molar-refractivity contribution in [1.29, 1.82) is 0 Å². The maximum atomic E-state index is 9.94. The van der Waals surface area contributed by atoms with E-state index in [9.17, 15) is 5.11 Å². The van der Waals surface area contributed by atoms with Crippen molar-refractivity contribution in [2.45, 2.75) is 19.8 Å². The second-order valence-electron chi connectivity index (χ2n) is 9.43. The third-order valence-corrected chi connectivity index (χ3v) is 6.40. The van der Waals surface area contributed by atoms with Gasteiger partial charge in [-0.3, -0.25) is 0 Å². The molecule has 2 aliphatic rings. The summed E-state index contributed by atoms with van der Waals surface area (Å²) in [6.07, 6.45) is 19.1. The van der Waals surface area contributed by atoms with Crippen LogP contribution in [0.5, 0.6) is 11.5 Å². The maximum Gasteiger partial charge on any atom is 0.119 e. The van der Waals surface area contributed by atoms with Crippen molar-refractivity contribution in [2.75, 3.05) is 27.2 Å². The van der Waals surface area contributed by atoms with Crippen molar-refractivity contribution in [2.24, 2.45) is 5.92 Å². The predicted molar refractivity (Wildman–Crippen MR) is 144 cm³/mol. The molecule has 0 aromatic heterocycles. The van der Waals surface area contributed by atoms with Gasteiger partial charge in [-0.1, -0.05) is 36.8 Å². The van der Waals surface area contributed by atoms with E-state index in [2.05, 4.69) is 102 Å². The smallest absolute Gasteiger partial charge is 0.119 e. The van der Waals surface area contributed by atoms with E-state index >= 15 is 0 Å². The summed E-state index contributed by atoms with van der Waals surface area (Å²) in [7, 11) is 4.16. The summed E-state index contributed by atoms with van der Waals surface area (Å²) in [5.74, 6) is 4.12. The molecule has 3 heteroatoms. The Morgan fingerprint density at radius 2 is 1.40 bits per heavy atom. The van der Waals surface area contributed by atoms with Gasteiger partial charge in [-0.25, -0.2) is 0 Å². The molecule has 0 saturated heterocycles. The molecule has 0 bridgehead atoms. The molecule has 2 fully saturated rings. The molecule has 0 aliphatic heterocycles. The Morgan fingerprint density at radius 1 is 0.829 bits per heavy atom. The summed E-state index contributed by atoms with van der Waals surface area (Å²) in [6, 6.07) is 16.0. The van der Waals surface area contributed by atoms with Gasteiger partial charge in [-0.2, -0.15) is 0 Å². The van der Waals surface area contributed by atoms with Crippen LogP contribution >= 0.6 is 0 Å². The van der Waals surface area contributed by atoms with E-state index in [1.807, 2.05) is 12.1 Å². The van der Waals surface area contributed by atoms with Gasteiger partial charge in [0.1, 0.15) is 11.5 Å². The molecule has 0 spiro atoms. The van der Waals surface area contributed by atoms with Gasteiger partial charge in [0.05, 0.1) is 6.61 Å². The largest absolute Gasteiger partial charge is 0.508 e. The molecule has 0 amide bonds. The summed E-state index contributed by atoms with van der Waals surface area (Å²) >= 11 is 0. The van der Waals surface area contributed by atoms with Crippen LogP contribution in [-0.2, 0) is 0 Å². The van der Waals surface area contributed by atoms with Crippen LogP contribution in [-0.4, -0.2) is 37.3 Å². The SMILES string of the molecule is CC(C/C([C]1[CH][CH][CH][CH]1)=C(/c1ccc(O)cc1)c1ccc(OCCCN(C)C)cc1)[C]1[CH][CH][CH][CH]1. The first-order chi connectivity index (χ1) is 17.0. The van der Waals surface area contributed by atoms with Gasteiger partial charge in [0.15, 0.2) is 0 Å². The third-order valence-electron chi connectivity index (χ3n) is 6.40. The first-order valence-electron chi connectivity index (χ1n) is 12.4. The van der Waals surface area contributed by atoms with Crippen LogP contribution in [0.3, 0.4) is 0 Å². The van der Waals surface area contributed by atoms with Crippen LogP contribution in [0.1, 0.15) is 30.9 Å². The fraction of sp³-hybridized carbons (Fsp3) is 0.250. The van der Waals surface area contributed by atoms with E-state index in [1.165, 1.54) is 23.0 Å². The van der Waals surface area contributed by atoms with Crippen molar-refractivity contribution >= 4 is 5.57 Å². The highest BCUT2D eigenvalue weighted by atomic mass is 16.5. The van der Waals surface area contributed by atoms with Crippen LogP contribution in [0, 0.1) is 69.1 Å². The molecule has 35 heavy (non-hydrogen) atoms. The molecule has 2 aliphatic carbocycles. The van der Waals surface area contributed by atoms with Gasteiger partial charge in [0.2, 0.25) is 0 Å². The molecule has 1 unspecified atom stereocenters. The Bertz CT molecular complexity index is 933. The molecule has 0 heterocycles. The van der Waals surface area contributed by atoms with Crippen LogP contribution in [0.25, 0.3) is 5.57 Å². The zero-order valence-electron chi connectivity index (χ0n) is 20.9. The van der Waals surface area contributed by atoms with Crippen molar-refractivity contribution in [1.82, 2.24) is 4.90 Å². The third kappa shape index (κ3) is 7.13. The van der Waals surface area contributed by atoms with E-state index in [-0.39, 0.29) is 5.75 Å². The van der Waals surface area contributed by atoms with Crippen LogP contribution in [0.4, 0.5) is 0 Å². The van der Waals surface area contributed by atoms with Gasteiger partial charge in [0, 0.05) is 12.5 Å². The van der Waals surface area contributed by atoms with E-state index in [0.29, 0.717) is 12.5 Å². The molecular formula is C32H35NO2. The van der Waals surface area contributed by atoms with Crippen molar-refractivity contribution in [3.05, 3.63) is 128 Å². The first kappa shape index (κ1) is 25.8. The summed E-state index contributed by atoms with van der Waals surface area (Å²) in [5, 5.41) is 9.94. The normalized spacial score (nSPS) is 18.7. The number of benzene rings is 2. The lowest BCUT2D eigenvalue weighted by atomic mass is 9.78. The fourth-order valence-corrected chi connectivity index (χ4v) is 4.51. The number of phenols is 1. The second kappa shape index (κ2) is 12.6. The number of allylic oxidation sites excluding steroid dienone is 1. The van der Waals surface area contributed by atoms with Gasteiger partial charge >= 0.3 is 0 Å². The number of ether oxygens (including phenoxy) is 1. The number of hydrogen-bond acceptors (Lipinski definition) is 3. The highest BCUT2D eigenvalue weighted by molar-refractivity contribution is 5.85. The van der Waals surface area contributed by atoms with Crippen LogP contribution in [0.15, 0.2) is 54.1 Å². The van der Waals surface area contributed by atoms with Gasteiger partial charge < -0.3 is 14.7 Å². The molecule has 2 aromatic carbocycles. The van der Waals surface area contributed by atoms with E-state index < -0.39 is 0 Å². The van der Waals surface area contributed by atoms with Gasteiger partial charge in [-0.05, 0) is 131 Å². The average molecular weight is 466 g/mol. The lowest BCUT2D eigenvalue weighted by Gasteiger charge is -2.26. The lowest BCUT2D eigenvalue weighted by Crippen LogP contribution is -2.15. The second-order valence-corrected chi connectivity index (χ2v) is 9.43. The average Bonchev–Trinajstić information content (AvgIpc) is 3.58. The monoisotopic (exact) mass is 465 g/mol. The summed E-state index contributed by atoms with van der Waals surface area (Å²) in [6.45, 7) is 4.00. The van der Waals surface area contributed by atoms with E-state index in [1.54, 1.807) is 12.1 Å². The predicted octanol–water partition coefficient (Wildman–Crippen LogP) is 6.36. The molecule has 3 nitrogen and oxygen atoms in total. The maximum absolute atomic E-state index is 9.94. The Balaban J connectivity index is 1.66. The fourth-order valence-electron chi connectivity index (χ4n) is 4.51. The molecule has 1 N–H and O–H groups in total. The Hall–Kier alpha value is -2.26. The molecule has 2 saturated carbocycles. The highest BCUT2D eigenvalue weighted by Gasteiger charge is 2.30. The molecular weight excluding hydrogens is 430 g/mol. The minimum absolute atomic E-state index is 0.273. The van der Waals surface area contributed by atoms with Crippen LogP contribution < -0.4 is 4.74 Å². The van der Waals surface area contributed by atoms with Crippen LogP contribution in [0.2, 0.25) is 0 Å². The minimum Gasteiger partial charge on any atom is -0.508 e. The Morgan fingerprint density at radius 3 is 2.00 bits per heavy atom.